The highest BCUT2D eigenvalue weighted by molar-refractivity contribution is 8.00. The van der Waals surface area contributed by atoms with Gasteiger partial charge in [-0.05, 0) is 18.6 Å². The number of rotatable bonds is 3. The van der Waals surface area contributed by atoms with Crippen LogP contribution in [-0.2, 0) is 9.59 Å². The van der Waals surface area contributed by atoms with E-state index < -0.39 is 5.97 Å². The summed E-state index contributed by atoms with van der Waals surface area (Å²) in [5.41, 5.74) is 0. The van der Waals surface area contributed by atoms with Crippen LogP contribution < -0.4 is 0 Å². The van der Waals surface area contributed by atoms with Crippen molar-refractivity contribution < 1.29 is 14.7 Å². The quantitative estimate of drug-likeness (QED) is 0.809. The summed E-state index contributed by atoms with van der Waals surface area (Å²) in [6, 6.07) is 0. The molecule has 0 aromatic carbocycles. The van der Waals surface area contributed by atoms with Crippen molar-refractivity contribution in [2.75, 3.05) is 18.8 Å². The summed E-state index contributed by atoms with van der Waals surface area (Å²) in [5, 5.41) is 8.75. The van der Waals surface area contributed by atoms with Crippen molar-refractivity contribution in [1.29, 1.82) is 0 Å². The van der Waals surface area contributed by atoms with Crippen LogP contribution in [0, 0.1) is 5.92 Å². The molecule has 1 unspecified atom stereocenters. The average molecular weight is 243 g/mol. The molecule has 2 heterocycles. The van der Waals surface area contributed by atoms with Crippen LogP contribution in [0.4, 0.5) is 0 Å². The molecule has 0 radical (unpaired) electrons. The smallest absolute Gasteiger partial charge is 0.303 e. The summed E-state index contributed by atoms with van der Waals surface area (Å²) in [6.07, 6.45) is 3.55. The topological polar surface area (TPSA) is 57.6 Å². The maximum atomic E-state index is 12.0. The minimum Gasteiger partial charge on any atom is -0.481 e. The number of thioether (sulfide) groups is 1. The van der Waals surface area contributed by atoms with Crippen LogP contribution in [-0.4, -0.2) is 46.0 Å². The zero-order valence-corrected chi connectivity index (χ0v) is 10.0. The molecule has 5 heteroatoms. The zero-order chi connectivity index (χ0) is 11.5. The first-order valence-corrected chi connectivity index (χ1v) is 6.84. The van der Waals surface area contributed by atoms with Crippen LogP contribution in [0.1, 0.15) is 25.7 Å². The second-order valence-corrected chi connectivity index (χ2v) is 5.87. The minimum absolute atomic E-state index is 0.138. The number of aliphatic carboxylic acids is 1. The molecule has 0 aliphatic carbocycles. The molecule has 0 saturated carbocycles. The number of carbonyl (C=O) groups excluding carboxylic acids is 1. The van der Waals surface area contributed by atoms with Crippen LogP contribution in [0.3, 0.4) is 0 Å². The fourth-order valence-electron chi connectivity index (χ4n) is 2.26. The number of nitrogens with zero attached hydrogens (tertiary/aromatic N) is 1. The van der Waals surface area contributed by atoms with Gasteiger partial charge in [0.05, 0.1) is 11.7 Å². The Hall–Kier alpha value is -0.710. The lowest BCUT2D eigenvalue weighted by molar-refractivity contribution is -0.144. The van der Waals surface area contributed by atoms with Crippen LogP contribution in [0.5, 0.6) is 0 Å². The Morgan fingerprint density at radius 3 is 2.62 bits per heavy atom. The van der Waals surface area contributed by atoms with Crippen molar-refractivity contribution in [3.63, 3.8) is 0 Å². The molecule has 1 amide bonds. The van der Waals surface area contributed by atoms with Crippen LogP contribution in [0.15, 0.2) is 0 Å². The zero-order valence-electron chi connectivity index (χ0n) is 9.22. The molecule has 1 N–H and O–H groups in total. The van der Waals surface area contributed by atoms with Crippen LogP contribution in [0.2, 0.25) is 0 Å². The van der Waals surface area contributed by atoms with Gasteiger partial charge in [-0.2, -0.15) is 0 Å². The number of amides is 1. The number of likely N-dealkylation sites (tertiary alicyclic amines) is 1. The monoisotopic (exact) mass is 243 g/mol. The van der Waals surface area contributed by atoms with Crippen LogP contribution in [0.25, 0.3) is 0 Å². The molecular formula is C11H17NO3S. The Bertz CT molecular complexity index is 283. The van der Waals surface area contributed by atoms with E-state index in [0.717, 1.165) is 18.6 Å². The number of carboxylic acids is 1. The van der Waals surface area contributed by atoms with Crippen molar-refractivity contribution >= 4 is 23.6 Å². The van der Waals surface area contributed by atoms with E-state index in [9.17, 15) is 9.59 Å². The lowest BCUT2D eigenvalue weighted by atomic mass is 9.95. The van der Waals surface area contributed by atoms with E-state index >= 15 is 0 Å². The maximum absolute atomic E-state index is 12.0. The van der Waals surface area contributed by atoms with E-state index in [0.29, 0.717) is 13.1 Å². The molecule has 0 bridgehead atoms. The summed E-state index contributed by atoms with van der Waals surface area (Å²) >= 11 is 1.76. The molecule has 2 fully saturated rings. The highest BCUT2D eigenvalue weighted by Gasteiger charge is 2.35. The normalized spacial score (nSPS) is 26.2. The van der Waals surface area contributed by atoms with Gasteiger partial charge in [0.15, 0.2) is 0 Å². The summed E-state index contributed by atoms with van der Waals surface area (Å²) in [7, 11) is 0. The number of carbonyl (C=O) groups is 2. The van der Waals surface area contributed by atoms with Gasteiger partial charge >= 0.3 is 5.97 Å². The number of carboxylic acid groups (broad SMARTS) is 1. The fourth-order valence-corrected chi connectivity index (χ4v) is 3.55. The van der Waals surface area contributed by atoms with Gasteiger partial charge in [0, 0.05) is 19.0 Å². The first kappa shape index (κ1) is 11.8. The van der Waals surface area contributed by atoms with Crippen molar-refractivity contribution in [3.8, 4) is 0 Å². The summed E-state index contributed by atoms with van der Waals surface area (Å²) < 4.78 is 0. The molecule has 2 rings (SSSR count). The van der Waals surface area contributed by atoms with E-state index in [1.165, 1.54) is 6.42 Å². The van der Waals surface area contributed by atoms with E-state index in [1.807, 2.05) is 4.90 Å². The predicted octanol–water partition coefficient (Wildman–Crippen LogP) is 1.21. The molecule has 0 aromatic rings. The second kappa shape index (κ2) is 5.08. The Morgan fingerprint density at radius 2 is 2.06 bits per heavy atom. The Labute approximate surface area is 99.4 Å². The molecule has 16 heavy (non-hydrogen) atoms. The maximum Gasteiger partial charge on any atom is 0.303 e. The lowest BCUT2D eigenvalue weighted by Crippen LogP contribution is -2.53. The third-order valence-electron chi connectivity index (χ3n) is 3.19. The lowest BCUT2D eigenvalue weighted by Gasteiger charge is -2.40. The molecule has 4 nitrogen and oxygen atoms in total. The van der Waals surface area contributed by atoms with Gasteiger partial charge < -0.3 is 10.0 Å². The fraction of sp³-hybridized carbons (Fsp3) is 0.818. The highest BCUT2D eigenvalue weighted by atomic mass is 32.2. The molecule has 0 aromatic heterocycles. The van der Waals surface area contributed by atoms with E-state index in [-0.39, 0.29) is 23.5 Å². The molecule has 0 spiro atoms. The van der Waals surface area contributed by atoms with E-state index in [1.54, 1.807) is 11.8 Å². The molecule has 1 atom stereocenters. The van der Waals surface area contributed by atoms with Gasteiger partial charge in [0.2, 0.25) is 5.91 Å². The largest absolute Gasteiger partial charge is 0.481 e. The first-order chi connectivity index (χ1) is 7.66. The van der Waals surface area contributed by atoms with E-state index in [2.05, 4.69) is 0 Å². The summed E-state index contributed by atoms with van der Waals surface area (Å²) in [4.78, 5) is 24.3. The average Bonchev–Trinajstić information content (AvgIpc) is 2.23. The minimum atomic E-state index is -0.760. The molecule has 2 aliphatic rings. The van der Waals surface area contributed by atoms with Crippen molar-refractivity contribution in [3.05, 3.63) is 0 Å². The van der Waals surface area contributed by atoms with Gasteiger partial charge in [0.25, 0.3) is 0 Å². The van der Waals surface area contributed by atoms with Gasteiger partial charge in [-0.1, -0.05) is 6.42 Å². The van der Waals surface area contributed by atoms with Crippen LogP contribution >= 0.6 is 11.8 Å². The standard InChI is InChI=1S/C11H17NO3S/c13-10(14)5-8-6-12(7-8)11(15)9-3-1-2-4-16-9/h8-9H,1-7H2,(H,13,14). The first-order valence-electron chi connectivity index (χ1n) is 5.79. The highest BCUT2D eigenvalue weighted by Crippen LogP contribution is 2.29. The predicted molar refractivity (Wildman–Crippen MR) is 62.4 cm³/mol. The van der Waals surface area contributed by atoms with Gasteiger partial charge in [-0.25, -0.2) is 0 Å². The van der Waals surface area contributed by atoms with Gasteiger partial charge in [-0.15, -0.1) is 11.8 Å². The Kier molecular flexibility index (Phi) is 3.74. The summed E-state index contributed by atoms with van der Waals surface area (Å²) in [5.74, 6) is 0.730. The van der Waals surface area contributed by atoms with E-state index in [4.69, 9.17) is 5.11 Å². The molecular weight excluding hydrogens is 226 g/mol. The van der Waals surface area contributed by atoms with Crippen molar-refractivity contribution in [2.45, 2.75) is 30.9 Å². The van der Waals surface area contributed by atoms with Crippen molar-refractivity contribution in [1.82, 2.24) is 4.90 Å². The molecule has 90 valence electrons. The number of hydrogen-bond donors (Lipinski definition) is 1. The third kappa shape index (κ3) is 2.70. The van der Waals surface area contributed by atoms with Gasteiger partial charge in [-0.3, -0.25) is 9.59 Å². The Morgan fingerprint density at radius 1 is 1.31 bits per heavy atom. The SMILES string of the molecule is O=C(O)CC1CN(C(=O)C2CCCCS2)C1. The summed E-state index contributed by atoms with van der Waals surface area (Å²) in [6.45, 7) is 1.28. The van der Waals surface area contributed by atoms with Gasteiger partial charge in [0.1, 0.15) is 0 Å². The molecule has 2 saturated heterocycles. The molecule has 2 aliphatic heterocycles. The Balaban J connectivity index is 1.74. The number of hydrogen-bond acceptors (Lipinski definition) is 3. The second-order valence-electron chi connectivity index (χ2n) is 4.56. The van der Waals surface area contributed by atoms with Crippen molar-refractivity contribution in [2.24, 2.45) is 5.92 Å². The third-order valence-corrected chi connectivity index (χ3v) is 4.55.